The van der Waals surface area contributed by atoms with Crippen LogP contribution >= 0.6 is 0 Å². The van der Waals surface area contributed by atoms with Crippen LogP contribution in [0.3, 0.4) is 0 Å². The molecule has 0 bridgehead atoms. The summed E-state index contributed by atoms with van der Waals surface area (Å²) >= 11 is 0. The van der Waals surface area contributed by atoms with Crippen LogP contribution in [0.15, 0.2) is 40.2 Å². The summed E-state index contributed by atoms with van der Waals surface area (Å²) in [6.45, 7) is 0.184. The first-order chi connectivity index (χ1) is 8.61. The molecular weight excluding hydrogens is 234 g/mol. The van der Waals surface area contributed by atoms with Crippen LogP contribution < -0.4 is 22.5 Å². The van der Waals surface area contributed by atoms with Crippen molar-refractivity contribution in [3.05, 3.63) is 57.0 Å². The van der Waals surface area contributed by atoms with E-state index < -0.39 is 0 Å². The third kappa shape index (κ3) is 2.30. The Morgan fingerprint density at radius 2 is 2.17 bits per heavy atom. The smallest absolute Gasteiger partial charge is 0.308 e. The van der Waals surface area contributed by atoms with Crippen molar-refractivity contribution in [1.29, 1.82) is 0 Å². The van der Waals surface area contributed by atoms with E-state index in [0.717, 1.165) is 10.1 Å². The molecule has 0 amide bonds. The van der Waals surface area contributed by atoms with Gasteiger partial charge in [0.05, 0.1) is 6.54 Å². The van der Waals surface area contributed by atoms with Gasteiger partial charge in [0.1, 0.15) is 5.82 Å². The second kappa shape index (κ2) is 4.84. The maximum absolute atomic E-state index is 11.8. The minimum atomic E-state index is -0.360. The van der Waals surface area contributed by atoms with Crippen molar-refractivity contribution in [1.82, 2.24) is 14.1 Å². The predicted octanol–water partition coefficient (Wildman–Crippen LogP) is -0.724. The number of rotatable bonds is 3. The molecule has 0 radical (unpaired) electrons. The van der Waals surface area contributed by atoms with Gasteiger partial charge in [-0.1, -0.05) is 0 Å². The number of anilines is 1. The average Bonchev–Trinajstić information content (AvgIpc) is 2.39. The molecule has 2 heterocycles. The first kappa shape index (κ1) is 12.1. The number of nitrogens with zero attached hydrogens (tertiary/aromatic N) is 3. The van der Waals surface area contributed by atoms with Crippen molar-refractivity contribution in [2.24, 2.45) is 12.9 Å². The zero-order valence-corrected chi connectivity index (χ0v) is 9.83. The molecule has 2 aromatic heterocycles. The second-order valence-electron chi connectivity index (χ2n) is 3.83. The highest BCUT2D eigenvalue weighted by atomic mass is 16.2. The third-order valence-electron chi connectivity index (χ3n) is 2.55. The van der Waals surface area contributed by atoms with Gasteiger partial charge in [0.15, 0.2) is 0 Å². The minimum absolute atomic E-state index is 0.184. The van der Waals surface area contributed by atoms with Gasteiger partial charge in [-0.15, -0.1) is 0 Å². The molecule has 0 fully saturated rings. The molecular formula is C11H13N5O2. The molecule has 2 aromatic rings. The van der Waals surface area contributed by atoms with Crippen LogP contribution in [0.2, 0.25) is 0 Å². The molecule has 2 rings (SSSR count). The second-order valence-corrected chi connectivity index (χ2v) is 3.83. The molecule has 0 unspecified atom stereocenters. The standard InChI is InChI=1S/C11H13N5O2/c1-15-5-3-10(17)16(11(15)18)7-8-2-4-13-9(6-8)14-12/h2-6H,7,12H2,1H3,(H,13,14). The van der Waals surface area contributed by atoms with Crippen LogP contribution in [0.4, 0.5) is 5.82 Å². The molecule has 7 heteroatoms. The predicted molar refractivity (Wildman–Crippen MR) is 67.1 cm³/mol. The Kier molecular flexibility index (Phi) is 3.24. The number of hydrazine groups is 1. The van der Waals surface area contributed by atoms with Crippen LogP contribution in [-0.4, -0.2) is 14.1 Å². The molecule has 0 aromatic carbocycles. The summed E-state index contributed by atoms with van der Waals surface area (Å²) < 4.78 is 2.50. The zero-order valence-electron chi connectivity index (χ0n) is 9.83. The van der Waals surface area contributed by atoms with E-state index in [2.05, 4.69) is 10.4 Å². The van der Waals surface area contributed by atoms with E-state index in [1.54, 1.807) is 25.4 Å². The Morgan fingerprint density at radius 1 is 1.39 bits per heavy atom. The van der Waals surface area contributed by atoms with Gasteiger partial charge in [0.2, 0.25) is 0 Å². The highest BCUT2D eigenvalue weighted by Crippen LogP contribution is 2.05. The number of nitrogen functional groups attached to an aromatic ring is 1. The van der Waals surface area contributed by atoms with E-state index in [9.17, 15) is 9.59 Å². The van der Waals surface area contributed by atoms with E-state index in [1.807, 2.05) is 0 Å². The lowest BCUT2D eigenvalue weighted by Crippen LogP contribution is -2.38. The summed E-state index contributed by atoms with van der Waals surface area (Å²) in [5.74, 6) is 5.73. The normalized spacial score (nSPS) is 10.3. The number of nitrogens with one attached hydrogen (secondary N) is 1. The van der Waals surface area contributed by atoms with Crippen molar-refractivity contribution in [3.63, 3.8) is 0 Å². The van der Waals surface area contributed by atoms with E-state index in [0.29, 0.717) is 5.82 Å². The lowest BCUT2D eigenvalue weighted by molar-refractivity contribution is 0.639. The Bertz CT molecular complexity index is 674. The summed E-state index contributed by atoms with van der Waals surface area (Å²) in [5.41, 5.74) is 2.48. The largest absolute Gasteiger partial charge is 0.331 e. The molecule has 3 N–H and O–H groups in total. The Labute approximate surface area is 102 Å². The molecule has 94 valence electrons. The van der Waals surface area contributed by atoms with Crippen LogP contribution in [0.25, 0.3) is 0 Å². The van der Waals surface area contributed by atoms with Gasteiger partial charge in [-0.3, -0.25) is 9.36 Å². The van der Waals surface area contributed by atoms with Gasteiger partial charge in [-0.25, -0.2) is 15.6 Å². The Balaban J connectivity index is 2.43. The van der Waals surface area contributed by atoms with Crippen LogP contribution in [-0.2, 0) is 13.6 Å². The van der Waals surface area contributed by atoms with Gasteiger partial charge in [-0.05, 0) is 17.7 Å². The maximum atomic E-state index is 11.8. The summed E-state index contributed by atoms with van der Waals surface area (Å²) in [5, 5.41) is 0. The van der Waals surface area contributed by atoms with Crippen LogP contribution in [0.1, 0.15) is 5.56 Å². The fraction of sp³-hybridized carbons (Fsp3) is 0.182. The van der Waals surface area contributed by atoms with Gasteiger partial charge >= 0.3 is 5.69 Å². The SMILES string of the molecule is Cn1ccc(=O)n(Cc2ccnc(NN)c2)c1=O. The molecule has 0 aliphatic carbocycles. The highest BCUT2D eigenvalue weighted by Gasteiger charge is 2.04. The Morgan fingerprint density at radius 3 is 2.89 bits per heavy atom. The first-order valence-electron chi connectivity index (χ1n) is 5.30. The van der Waals surface area contributed by atoms with E-state index in [1.165, 1.54) is 16.8 Å². The quantitative estimate of drug-likeness (QED) is 0.551. The highest BCUT2D eigenvalue weighted by molar-refractivity contribution is 5.35. The first-order valence-corrected chi connectivity index (χ1v) is 5.30. The number of aromatic nitrogens is 3. The number of aryl methyl sites for hydroxylation is 1. The fourth-order valence-corrected chi connectivity index (χ4v) is 1.59. The van der Waals surface area contributed by atoms with Gasteiger partial charge in [0.25, 0.3) is 5.56 Å². The van der Waals surface area contributed by atoms with Crippen molar-refractivity contribution in [3.8, 4) is 0 Å². The number of hydrogen-bond donors (Lipinski definition) is 2. The van der Waals surface area contributed by atoms with E-state index in [-0.39, 0.29) is 17.8 Å². The molecule has 0 spiro atoms. The monoisotopic (exact) mass is 247 g/mol. The summed E-state index contributed by atoms with van der Waals surface area (Å²) in [6, 6.07) is 4.75. The molecule has 0 saturated carbocycles. The summed E-state index contributed by atoms with van der Waals surface area (Å²) in [4.78, 5) is 27.4. The maximum Gasteiger partial charge on any atom is 0.331 e. The van der Waals surface area contributed by atoms with Crippen molar-refractivity contribution < 1.29 is 0 Å². The van der Waals surface area contributed by atoms with Gasteiger partial charge < -0.3 is 9.99 Å². The van der Waals surface area contributed by atoms with Gasteiger partial charge in [0, 0.05) is 25.5 Å². The Hall–Kier alpha value is -2.41. The van der Waals surface area contributed by atoms with Crippen molar-refractivity contribution >= 4 is 5.82 Å². The molecule has 7 nitrogen and oxygen atoms in total. The number of nitrogens with two attached hydrogens (primary N) is 1. The molecule has 18 heavy (non-hydrogen) atoms. The summed E-state index contributed by atoms with van der Waals surface area (Å²) in [7, 11) is 1.59. The van der Waals surface area contributed by atoms with Crippen LogP contribution in [0, 0.1) is 0 Å². The molecule has 0 saturated heterocycles. The zero-order chi connectivity index (χ0) is 13.1. The van der Waals surface area contributed by atoms with Crippen LogP contribution in [0.5, 0.6) is 0 Å². The topological polar surface area (TPSA) is 94.9 Å². The molecule has 0 aliphatic heterocycles. The number of pyridine rings is 1. The molecule has 0 atom stereocenters. The third-order valence-corrected chi connectivity index (χ3v) is 2.55. The van der Waals surface area contributed by atoms with E-state index >= 15 is 0 Å². The number of hydrogen-bond acceptors (Lipinski definition) is 5. The summed E-state index contributed by atoms with van der Waals surface area (Å²) in [6.07, 6.45) is 3.00. The fourth-order valence-electron chi connectivity index (χ4n) is 1.59. The van der Waals surface area contributed by atoms with Gasteiger partial charge in [-0.2, -0.15) is 0 Å². The molecule has 0 aliphatic rings. The lowest BCUT2D eigenvalue weighted by atomic mass is 10.2. The average molecular weight is 247 g/mol. The van der Waals surface area contributed by atoms with E-state index in [4.69, 9.17) is 5.84 Å². The lowest BCUT2D eigenvalue weighted by Gasteiger charge is -2.07. The minimum Gasteiger partial charge on any atom is -0.308 e. The van der Waals surface area contributed by atoms with Crippen molar-refractivity contribution in [2.75, 3.05) is 5.43 Å². The van der Waals surface area contributed by atoms with Crippen molar-refractivity contribution in [2.45, 2.75) is 6.54 Å².